The Morgan fingerprint density at radius 2 is 1.81 bits per heavy atom. The molecule has 0 spiro atoms. The molecule has 9 heteroatoms. The second-order valence-electron chi connectivity index (χ2n) is 6.91. The van der Waals surface area contributed by atoms with Crippen molar-refractivity contribution in [2.75, 3.05) is 4.90 Å². The maximum Gasteiger partial charge on any atom is 0.280 e. The highest BCUT2D eigenvalue weighted by Gasteiger charge is 2.33. The number of hydrogen-bond donors (Lipinski definition) is 0. The molecule has 1 aromatic heterocycles. The van der Waals surface area contributed by atoms with E-state index in [2.05, 4.69) is 15.9 Å². The van der Waals surface area contributed by atoms with Crippen LogP contribution in [0.4, 0.5) is 11.4 Å². The SMILES string of the molecule is Cc1cc(-c2ccc(/C=C3\SC(=S)N(c4ccc(Br)cc4)C3=O)o2)c([N+](=O)[O-])cc1C. The zero-order valence-corrected chi connectivity index (χ0v) is 19.6. The minimum atomic E-state index is -0.423. The molecule has 0 N–H and O–H groups in total. The third-order valence-electron chi connectivity index (χ3n) is 4.85. The Morgan fingerprint density at radius 1 is 1.13 bits per heavy atom. The van der Waals surface area contributed by atoms with Gasteiger partial charge >= 0.3 is 0 Å². The van der Waals surface area contributed by atoms with Crippen LogP contribution in [0, 0.1) is 24.0 Å². The quantitative estimate of drug-likeness (QED) is 0.168. The number of anilines is 1. The first-order chi connectivity index (χ1) is 14.7. The lowest BCUT2D eigenvalue weighted by Gasteiger charge is -2.14. The first kappa shape index (κ1) is 21.5. The van der Waals surface area contributed by atoms with Crippen LogP contribution in [-0.2, 0) is 4.79 Å². The molecule has 2 aromatic carbocycles. The summed E-state index contributed by atoms with van der Waals surface area (Å²) in [6.45, 7) is 3.72. The minimum Gasteiger partial charge on any atom is -0.456 e. The van der Waals surface area contributed by atoms with E-state index in [1.165, 1.54) is 22.7 Å². The number of carbonyl (C=O) groups is 1. The summed E-state index contributed by atoms with van der Waals surface area (Å²) in [5, 5.41) is 11.5. The molecule has 4 rings (SSSR count). The normalized spacial score (nSPS) is 15.2. The monoisotopic (exact) mass is 514 g/mol. The summed E-state index contributed by atoms with van der Waals surface area (Å²) in [5.41, 5.74) is 2.81. The number of rotatable bonds is 4. The van der Waals surface area contributed by atoms with Gasteiger partial charge in [-0.1, -0.05) is 39.9 Å². The number of hydrogen-bond acceptors (Lipinski definition) is 6. The molecule has 0 atom stereocenters. The van der Waals surface area contributed by atoms with Gasteiger partial charge in [0.15, 0.2) is 4.32 Å². The first-order valence-electron chi connectivity index (χ1n) is 9.14. The first-order valence-corrected chi connectivity index (χ1v) is 11.2. The Labute approximate surface area is 196 Å². The summed E-state index contributed by atoms with van der Waals surface area (Å²) in [6, 6.07) is 13.9. The molecule has 156 valence electrons. The van der Waals surface area contributed by atoms with Crippen molar-refractivity contribution in [2.24, 2.45) is 0 Å². The lowest BCUT2D eigenvalue weighted by Crippen LogP contribution is -2.27. The average Bonchev–Trinajstić information content (AvgIpc) is 3.29. The number of thioether (sulfide) groups is 1. The van der Waals surface area contributed by atoms with E-state index in [-0.39, 0.29) is 11.6 Å². The summed E-state index contributed by atoms with van der Waals surface area (Å²) in [6.07, 6.45) is 1.61. The Bertz CT molecular complexity index is 1270. The van der Waals surface area contributed by atoms with Gasteiger partial charge in [0.2, 0.25) is 0 Å². The van der Waals surface area contributed by atoms with Crippen LogP contribution in [0.1, 0.15) is 16.9 Å². The molecule has 1 amide bonds. The number of nitro groups is 1. The van der Waals surface area contributed by atoms with Crippen LogP contribution in [-0.4, -0.2) is 15.2 Å². The van der Waals surface area contributed by atoms with Crippen LogP contribution in [0.15, 0.2) is 62.3 Å². The molecule has 31 heavy (non-hydrogen) atoms. The molecule has 2 heterocycles. The Hall–Kier alpha value is -2.75. The van der Waals surface area contributed by atoms with Gasteiger partial charge in [0, 0.05) is 16.6 Å². The van der Waals surface area contributed by atoms with Crippen molar-refractivity contribution in [3.05, 3.63) is 84.9 Å². The molecule has 0 radical (unpaired) electrons. The van der Waals surface area contributed by atoms with Crippen LogP contribution >= 0.6 is 39.9 Å². The molecule has 1 aliphatic heterocycles. The molecule has 0 bridgehead atoms. The highest BCUT2D eigenvalue weighted by molar-refractivity contribution is 9.10. The molecule has 0 unspecified atom stereocenters. The number of amides is 1. The van der Waals surface area contributed by atoms with Crippen molar-refractivity contribution in [1.29, 1.82) is 0 Å². The van der Waals surface area contributed by atoms with Crippen molar-refractivity contribution in [3.8, 4) is 11.3 Å². The second-order valence-corrected chi connectivity index (χ2v) is 9.50. The summed E-state index contributed by atoms with van der Waals surface area (Å²) < 4.78 is 7.17. The van der Waals surface area contributed by atoms with Gasteiger partial charge in [0.05, 0.1) is 21.1 Å². The van der Waals surface area contributed by atoms with Gasteiger partial charge < -0.3 is 4.42 Å². The fourth-order valence-corrected chi connectivity index (χ4v) is 4.68. The van der Waals surface area contributed by atoms with Gasteiger partial charge in [0.25, 0.3) is 11.6 Å². The fourth-order valence-electron chi connectivity index (χ4n) is 3.13. The van der Waals surface area contributed by atoms with E-state index in [4.69, 9.17) is 16.6 Å². The number of aryl methyl sites for hydroxylation is 2. The number of benzene rings is 2. The van der Waals surface area contributed by atoms with Crippen LogP contribution in [0.3, 0.4) is 0 Å². The summed E-state index contributed by atoms with van der Waals surface area (Å²) in [5.74, 6) is 0.538. The Morgan fingerprint density at radius 3 is 2.48 bits per heavy atom. The van der Waals surface area contributed by atoms with E-state index in [9.17, 15) is 14.9 Å². The van der Waals surface area contributed by atoms with Gasteiger partial charge in [-0.2, -0.15) is 0 Å². The minimum absolute atomic E-state index is 0.0226. The van der Waals surface area contributed by atoms with Gasteiger partial charge in [-0.05, 0) is 67.4 Å². The number of halogens is 1. The summed E-state index contributed by atoms with van der Waals surface area (Å²) in [4.78, 5) is 25.9. The fraction of sp³-hybridized carbons (Fsp3) is 0.0909. The third-order valence-corrected chi connectivity index (χ3v) is 6.68. The smallest absolute Gasteiger partial charge is 0.280 e. The zero-order chi connectivity index (χ0) is 22.3. The maximum absolute atomic E-state index is 12.9. The molecule has 1 fully saturated rings. The second kappa shape index (κ2) is 8.41. The molecule has 3 aromatic rings. The standard InChI is InChI=1S/C22H15BrN2O4S2/c1-12-9-17(18(25(27)28)10-13(12)2)19-8-7-16(29-19)11-20-21(26)24(22(30)31-20)15-5-3-14(23)4-6-15/h3-11H,1-2H3/b20-11-. The molecular formula is C22H15BrN2O4S2. The van der Waals surface area contributed by atoms with Gasteiger partial charge in [-0.15, -0.1) is 0 Å². The average molecular weight is 515 g/mol. The van der Waals surface area contributed by atoms with Crippen molar-refractivity contribution >= 4 is 67.6 Å². The van der Waals surface area contributed by atoms with Crippen molar-refractivity contribution in [2.45, 2.75) is 13.8 Å². The van der Waals surface area contributed by atoms with Crippen LogP contribution < -0.4 is 4.90 Å². The van der Waals surface area contributed by atoms with Crippen molar-refractivity contribution in [1.82, 2.24) is 0 Å². The van der Waals surface area contributed by atoms with Crippen LogP contribution in [0.2, 0.25) is 0 Å². The summed E-state index contributed by atoms with van der Waals surface area (Å²) >= 11 is 9.95. The maximum atomic E-state index is 12.9. The Kier molecular flexibility index (Phi) is 5.83. The van der Waals surface area contributed by atoms with Crippen LogP contribution in [0.5, 0.6) is 0 Å². The van der Waals surface area contributed by atoms with Gasteiger partial charge in [0.1, 0.15) is 11.5 Å². The largest absolute Gasteiger partial charge is 0.456 e. The number of nitrogens with zero attached hydrogens (tertiary/aromatic N) is 2. The highest BCUT2D eigenvalue weighted by Crippen LogP contribution is 2.38. The van der Waals surface area contributed by atoms with E-state index >= 15 is 0 Å². The molecule has 0 saturated carbocycles. The number of carbonyl (C=O) groups excluding carboxylic acids is 1. The predicted molar refractivity (Wildman–Crippen MR) is 130 cm³/mol. The van der Waals surface area contributed by atoms with Gasteiger partial charge in [-0.3, -0.25) is 19.8 Å². The number of nitro benzene ring substituents is 1. The van der Waals surface area contributed by atoms with E-state index < -0.39 is 4.92 Å². The lowest BCUT2D eigenvalue weighted by molar-refractivity contribution is -0.384. The molecule has 1 aliphatic rings. The van der Waals surface area contributed by atoms with Crippen LogP contribution in [0.25, 0.3) is 17.4 Å². The molecule has 0 aliphatic carbocycles. The lowest BCUT2D eigenvalue weighted by atomic mass is 10.0. The summed E-state index contributed by atoms with van der Waals surface area (Å²) in [7, 11) is 0. The van der Waals surface area contributed by atoms with Gasteiger partial charge in [-0.25, -0.2) is 0 Å². The third kappa shape index (κ3) is 4.21. The number of thiocarbonyl (C=S) groups is 1. The number of furan rings is 1. The van der Waals surface area contributed by atoms with E-state index in [0.717, 1.165) is 15.6 Å². The zero-order valence-electron chi connectivity index (χ0n) is 16.4. The topological polar surface area (TPSA) is 76.6 Å². The van der Waals surface area contributed by atoms with Crippen molar-refractivity contribution < 1.29 is 14.1 Å². The van der Waals surface area contributed by atoms with E-state index in [0.29, 0.717) is 32.0 Å². The van der Waals surface area contributed by atoms with E-state index in [1.54, 1.807) is 24.3 Å². The molecule has 1 saturated heterocycles. The van der Waals surface area contributed by atoms with E-state index in [1.807, 2.05) is 38.1 Å². The predicted octanol–water partition coefficient (Wildman–Crippen LogP) is 6.64. The highest BCUT2D eigenvalue weighted by atomic mass is 79.9. The van der Waals surface area contributed by atoms with Crippen molar-refractivity contribution in [3.63, 3.8) is 0 Å². The Balaban J connectivity index is 1.66. The molecular weight excluding hydrogens is 500 g/mol. The molecule has 6 nitrogen and oxygen atoms in total.